The molecule has 0 spiro atoms. The summed E-state index contributed by atoms with van der Waals surface area (Å²) in [5.74, 6) is 0. The molecular formula is C51H41NS. The van der Waals surface area contributed by atoms with Crippen LogP contribution in [0.5, 0.6) is 0 Å². The van der Waals surface area contributed by atoms with Gasteiger partial charge in [0.25, 0.3) is 0 Å². The Morgan fingerprint density at radius 2 is 1.11 bits per heavy atom. The van der Waals surface area contributed by atoms with E-state index < -0.39 is 0 Å². The smallest absolute Gasteiger partial charge is 0.0461 e. The monoisotopic (exact) mass is 699 g/mol. The van der Waals surface area contributed by atoms with Crippen molar-refractivity contribution >= 4 is 48.5 Å². The fourth-order valence-electron chi connectivity index (χ4n) is 8.95. The minimum absolute atomic E-state index is 0.0615. The molecule has 1 nitrogen and oxygen atoms in total. The topological polar surface area (TPSA) is 3.24 Å². The van der Waals surface area contributed by atoms with Crippen molar-refractivity contribution in [1.82, 2.24) is 0 Å². The number of allylic oxidation sites excluding steroid dienone is 8. The van der Waals surface area contributed by atoms with Crippen LogP contribution >= 0.6 is 11.3 Å². The van der Waals surface area contributed by atoms with Crippen molar-refractivity contribution in [2.24, 2.45) is 0 Å². The molecule has 0 bridgehead atoms. The van der Waals surface area contributed by atoms with Crippen LogP contribution in [0.25, 0.3) is 48.0 Å². The Balaban J connectivity index is 1.04. The maximum Gasteiger partial charge on any atom is 0.0461 e. The molecule has 7 aromatic rings. The SMILES string of the molecule is CC1(C)c2ccccc2-c2ccc(N(C3=CC=C(C4=CC=C(c5ccccc5)CC4)CC3)c3ccc(-c4cccc5c4sc4ccccc45)cc3)cc21. The van der Waals surface area contributed by atoms with Gasteiger partial charge >= 0.3 is 0 Å². The summed E-state index contributed by atoms with van der Waals surface area (Å²) in [7, 11) is 0. The van der Waals surface area contributed by atoms with E-state index in [1.807, 2.05) is 11.3 Å². The van der Waals surface area contributed by atoms with E-state index in [2.05, 4.69) is 183 Å². The van der Waals surface area contributed by atoms with Crippen molar-refractivity contribution in [3.8, 4) is 22.3 Å². The van der Waals surface area contributed by atoms with E-state index in [-0.39, 0.29) is 5.41 Å². The van der Waals surface area contributed by atoms with Crippen molar-refractivity contribution in [3.05, 3.63) is 197 Å². The van der Waals surface area contributed by atoms with Gasteiger partial charge in [-0.25, -0.2) is 0 Å². The van der Waals surface area contributed by atoms with Gasteiger partial charge in [-0.1, -0.05) is 141 Å². The zero-order valence-corrected chi connectivity index (χ0v) is 31.1. The average molecular weight is 700 g/mol. The van der Waals surface area contributed by atoms with E-state index in [1.54, 1.807) is 0 Å². The van der Waals surface area contributed by atoms with E-state index in [0.717, 1.165) is 25.7 Å². The van der Waals surface area contributed by atoms with Crippen molar-refractivity contribution < 1.29 is 0 Å². The largest absolute Gasteiger partial charge is 0.314 e. The van der Waals surface area contributed by atoms with Crippen LogP contribution in [0.3, 0.4) is 0 Å². The maximum atomic E-state index is 2.51. The lowest BCUT2D eigenvalue weighted by Gasteiger charge is -2.32. The van der Waals surface area contributed by atoms with Crippen LogP contribution < -0.4 is 4.90 Å². The van der Waals surface area contributed by atoms with Crippen LogP contribution in [-0.4, -0.2) is 0 Å². The van der Waals surface area contributed by atoms with E-state index in [4.69, 9.17) is 0 Å². The lowest BCUT2D eigenvalue weighted by atomic mass is 9.82. The molecule has 3 aliphatic rings. The minimum Gasteiger partial charge on any atom is -0.314 e. The second-order valence-electron chi connectivity index (χ2n) is 15.2. The van der Waals surface area contributed by atoms with Crippen LogP contribution in [0.15, 0.2) is 181 Å². The Labute approximate surface area is 316 Å². The lowest BCUT2D eigenvalue weighted by molar-refractivity contribution is 0.660. The summed E-state index contributed by atoms with van der Waals surface area (Å²) in [5.41, 5.74) is 17.5. The highest BCUT2D eigenvalue weighted by atomic mass is 32.1. The number of anilines is 2. The molecular weight excluding hydrogens is 659 g/mol. The predicted octanol–water partition coefficient (Wildman–Crippen LogP) is 14.6. The van der Waals surface area contributed by atoms with Crippen LogP contribution in [0.4, 0.5) is 11.4 Å². The number of fused-ring (bicyclic) bond motifs is 6. The molecule has 10 rings (SSSR count). The predicted molar refractivity (Wildman–Crippen MR) is 228 cm³/mol. The highest BCUT2D eigenvalue weighted by Crippen LogP contribution is 2.51. The van der Waals surface area contributed by atoms with Gasteiger partial charge in [0, 0.05) is 42.7 Å². The fourth-order valence-corrected chi connectivity index (χ4v) is 10.2. The Morgan fingerprint density at radius 1 is 0.472 bits per heavy atom. The van der Waals surface area contributed by atoms with Gasteiger partial charge in [-0.15, -0.1) is 11.3 Å². The summed E-state index contributed by atoms with van der Waals surface area (Å²) in [4.78, 5) is 2.51. The summed E-state index contributed by atoms with van der Waals surface area (Å²) in [5, 5.41) is 2.68. The standard InChI is InChI=1S/C51H41NS/c1-51(2)47-17-8-6-13-43(47)44-32-31-41(33-48(44)51)52(39-27-23-37(24-28-39)36-21-19-35(20-22-36)34-11-4-3-5-12-34)40-29-25-38(26-30-40)42-15-10-16-46-45-14-7-9-18-49(45)53-50(42)46/h3-19,21,23,25-27,29-33H,20,22,24,28H2,1-2H3. The highest BCUT2D eigenvalue weighted by Gasteiger charge is 2.36. The quantitative estimate of drug-likeness (QED) is 0.167. The van der Waals surface area contributed by atoms with E-state index in [1.165, 1.54) is 92.9 Å². The third-order valence-electron chi connectivity index (χ3n) is 11.8. The first-order valence-electron chi connectivity index (χ1n) is 18.9. The molecule has 0 radical (unpaired) electrons. The van der Waals surface area contributed by atoms with Crippen LogP contribution in [0.1, 0.15) is 56.2 Å². The molecule has 0 saturated heterocycles. The summed E-state index contributed by atoms with van der Waals surface area (Å²) < 4.78 is 2.70. The second-order valence-corrected chi connectivity index (χ2v) is 16.2. The molecule has 0 atom stereocenters. The molecule has 6 aromatic carbocycles. The Bertz CT molecular complexity index is 2680. The first-order chi connectivity index (χ1) is 26.0. The van der Waals surface area contributed by atoms with Gasteiger partial charge in [-0.2, -0.15) is 0 Å². The molecule has 256 valence electrons. The Hall–Kier alpha value is -5.70. The number of hydrogen-bond donors (Lipinski definition) is 0. The molecule has 1 heterocycles. The van der Waals surface area contributed by atoms with Crippen LogP contribution in [0, 0.1) is 0 Å². The first kappa shape index (κ1) is 32.0. The number of nitrogens with zero attached hydrogens (tertiary/aromatic N) is 1. The number of benzene rings is 6. The molecule has 1 aromatic heterocycles. The molecule has 3 aliphatic carbocycles. The molecule has 0 unspecified atom stereocenters. The summed E-state index contributed by atoms with van der Waals surface area (Å²) >= 11 is 1.90. The third-order valence-corrected chi connectivity index (χ3v) is 13.0. The van der Waals surface area contributed by atoms with Gasteiger partial charge in [-0.05, 0) is 118 Å². The zero-order valence-electron chi connectivity index (χ0n) is 30.3. The van der Waals surface area contributed by atoms with Crippen LogP contribution in [-0.2, 0) is 5.41 Å². The third kappa shape index (κ3) is 5.43. The molecule has 0 amide bonds. The number of thiophene rings is 1. The molecule has 0 aliphatic heterocycles. The van der Waals surface area contributed by atoms with Gasteiger partial charge in [0.05, 0.1) is 0 Å². The Kier molecular flexibility index (Phi) is 7.70. The molecule has 53 heavy (non-hydrogen) atoms. The summed E-state index contributed by atoms with van der Waals surface area (Å²) in [6.07, 6.45) is 13.7. The Morgan fingerprint density at radius 3 is 1.91 bits per heavy atom. The van der Waals surface area contributed by atoms with Gasteiger partial charge in [-0.3, -0.25) is 0 Å². The minimum atomic E-state index is -0.0615. The molecule has 2 heteroatoms. The van der Waals surface area contributed by atoms with Crippen molar-refractivity contribution in [2.75, 3.05) is 4.90 Å². The second kappa shape index (κ2) is 12.8. The molecule has 0 fully saturated rings. The number of rotatable bonds is 6. The first-order valence-corrected chi connectivity index (χ1v) is 19.7. The van der Waals surface area contributed by atoms with Gasteiger partial charge < -0.3 is 4.90 Å². The zero-order chi connectivity index (χ0) is 35.5. The highest BCUT2D eigenvalue weighted by molar-refractivity contribution is 7.26. The van der Waals surface area contributed by atoms with Crippen molar-refractivity contribution in [3.63, 3.8) is 0 Å². The van der Waals surface area contributed by atoms with Crippen molar-refractivity contribution in [1.29, 1.82) is 0 Å². The average Bonchev–Trinajstić information content (AvgIpc) is 3.71. The fraction of sp³-hybridized carbons (Fsp3) is 0.137. The van der Waals surface area contributed by atoms with E-state index in [9.17, 15) is 0 Å². The number of hydrogen-bond acceptors (Lipinski definition) is 2. The lowest BCUT2D eigenvalue weighted by Crippen LogP contribution is -2.20. The van der Waals surface area contributed by atoms with E-state index in [0.29, 0.717) is 0 Å². The van der Waals surface area contributed by atoms with Gasteiger partial charge in [0.15, 0.2) is 0 Å². The van der Waals surface area contributed by atoms with Crippen molar-refractivity contribution in [2.45, 2.75) is 44.9 Å². The van der Waals surface area contributed by atoms with Crippen LogP contribution in [0.2, 0.25) is 0 Å². The van der Waals surface area contributed by atoms with Gasteiger partial charge in [0.1, 0.15) is 0 Å². The molecule has 0 N–H and O–H groups in total. The maximum absolute atomic E-state index is 2.51. The summed E-state index contributed by atoms with van der Waals surface area (Å²) in [6.45, 7) is 4.75. The normalized spacial score (nSPS) is 16.0. The summed E-state index contributed by atoms with van der Waals surface area (Å²) in [6, 6.07) is 51.7. The van der Waals surface area contributed by atoms with Gasteiger partial charge in [0.2, 0.25) is 0 Å². The molecule has 0 saturated carbocycles. The van der Waals surface area contributed by atoms with E-state index >= 15 is 0 Å².